The molecule has 1 saturated heterocycles. The zero-order valence-electron chi connectivity index (χ0n) is 13.6. The van der Waals surface area contributed by atoms with Crippen LogP contribution in [-0.2, 0) is 19.4 Å². The largest absolute Gasteiger partial charge is 0.351 e. The van der Waals surface area contributed by atoms with Gasteiger partial charge in [0.25, 0.3) is 0 Å². The Morgan fingerprint density at radius 3 is 2.30 bits per heavy atom. The second-order valence-electron chi connectivity index (χ2n) is 6.12. The number of anilines is 1. The standard InChI is InChI=1S/C16H22N2O4S/c1-11-6-12(2)8-15(7-11)18(13(3)19)9-16(20)17-14-4-5-23(21,22)10-14/h6-8,14H,4-5,9-10H2,1-3H3,(H,17,20). The Morgan fingerprint density at radius 2 is 1.83 bits per heavy atom. The highest BCUT2D eigenvalue weighted by Gasteiger charge is 2.29. The highest BCUT2D eigenvalue weighted by molar-refractivity contribution is 7.91. The molecular weight excluding hydrogens is 316 g/mol. The molecule has 1 unspecified atom stereocenters. The smallest absolute Gasteiger partial charge is 0.240 e. The van der Waals surface area contributed by atoms with Crippen LogP contribution in [0.1, 0.15) is 24.5 Å². The molecule has 1 aliphatic heterocycles. The number of nitrogens with zero attached hydrogens (tertiary/aromatic N) is 1. The Morgan fingerprint density at radius 1 is 1.22 bits per heavy atom. The van der Waals surface area contributed by atoms with Gasteiger partial charge in [-0.25, -0.2) is 8.42 Å². The van der Waals surface area contributed by atoms with E-state index in [4.69, 9.17) is 0 Å². The van der Waals surface area contributed by atoms with Crippen LogP contribution in [0.25, 0.3) is 0 Å². The topological polar surface area (TPSA) is 83.6 Å². The minimum absolute atomic E-state index is 0.0254. The van der Waals surface area contributed by atoms with Gasteiger partial charge in [0.15, 0.2) is 9.84 Å². The number of rotatable bonds is 4. The highest BCUT2D eigenvalue weighted by Crippen LogP contribution is 2.19. The molecule has 0 spiro atoms. The molecule has 1 aromatic rings. The fourth-order valence-electron chi connectivity index (χ4n) is 2.82. The van der Waals surface area contributed by atoms with E-state index < -0.39 is 9.84 Å². The monoisotopic (exact) mass is 338 g/mol. The van der Waals surface area contributed by atoms with Crippen LogP contribution >= 0.6 is 0 Å². The summed E-state index contributed by atoms with van der Waals surface area (Å²) in [5.41, 5.74) is 2.69. The van der Waals surface area contributed by atoms with E-state index in [-0.39, 0.29) is 35.9 Å². The maximum absolute atomic E-state index is 12.2. The minimum atomic E-state index is -3.04. The average molecular weight is 338 g/mol. The van der Waals surface area contributed by atoms with Gasteiger partial charge in [-0.3, -0.25) is 9.59 Å². The van der Waals surface area contributed by atoms with Gasteiger partial charge < -0.3 is 10.2 Å². The van der Waals surface area contributed by atoms with Gasteiger partial charge in [-0.15, -0.1) is 0 Å². The number of nitrogens with one attached hydrogen (secondary N) is 1. The summed E-state index contributed by atoms with van der Waals surface area (Å²) in [6.07, 6.45) is 0.428. The van der Waals surface area contributed by atoms with Crippen molar-refractivity contribution in [2.75, 3.05) is 23.0 Å². The number of carbonyl (C=O) groups is 2. The molecule has 1 heterocycles. The molecule has 1 atom stereocenters. The molecule has 2 amide bonds. The van der Waals surface area contributed by atoms with Crippen molar-refractivity contribution >= 4 is 27.3 Å². The molecule has 6 nitrogen and oxygen atoms in total. The third-order valence-electron chi connectivity index (χ3n) is 3.80. The number of amides is 2. The highest BCUT2D eigenvalue weighted by atomic mass is 32.2. The Labute approximate surface area is 136 Å². The molecule has 0 radical (unpaired) electrons. The number of sulfone groups is 1. The van der Waals surface area contributed by atoms with Crippen molar-refractivity contribution < 1.29 is 18.0 Å². The predicted octanol–water partition coefficient (Wildman–Crippen LogP) is 0.960. The lowest BCUT2D eigenvalue weighted by Gasteiger charge is -2.22. The maximum Gasteiger partial charge on any atom is 0.240 e. The van der Waals surface area contributed by atoms with Gasteiger partial charge in [0.05, 0.1) is 11.5 Å². The van der Waals surface area contributed by atoms with E-state index >= 15 is 0 Å². The third kappa shape index (κ3) is 4.79. The minimum Gasteiger partial charge on any atom is -0.351 e. The first-order valence-corrected chi connectivity index (χ1v) is 9.34. The molecule has 0 aromatic heterocycles. The number of hydrogen-bond donors (Lipinski definition) is 1. The van der Waals surface area contributed by atoms with Crippen LogP contribution in [0.15, 0.2) is 18.2 Å². The lowest BCUT2D eigenvalue weighted by Crippen LogP contribution is -2.44. The summed E-state index contributed by atoms with van der Waals surface area (Å²) >= 11 is 0. The summed E-state index contributed by atoms with van der Waals surface area (Å²) in [5, 5.41) is 2.71. The van der Waals surface area contributed by atoms with E-state index in [1.165, 1.54) is 11.8 Å². The normalized spacial score (nSPS) is 19.3. The van der Waals surface area contributed by atoms with E-state index in [9.17, 15) is 18.0 Å². The molecular formula is C16H22N2O4S. The van der Waals surface area contributed by atoms with Crippen LogP contribution < -0.4 is 10.2 Å². The summed E-state index contributed by atoms with van der Waals surface area (Å²) in [6, 6.07) is 5.33. The van der Waals surface area contributed by atoms with Crippen molar-refractivity contribution in [1.82, 2.24) is 5.32 Å². The first-order chi connectivity index (χ1) is 10.7. The molecule has 7 heteroatoms. The van der Waals surface area contributed by atoms with Crippen molar-refractivity contribution in [2.24, 2.45) is 0 Å². The van der Waals surface area contributed by atoms with Gasteiger partial charge in [0, 0.05) is 18.7 Å². The molecule has 0 aliphatic carbocycles. The van der Waals surface area contributed by atoms with Crippen LogP contribution in [0, 0.1) is 13.8 Å². The second kappa shape index (κ2) is 6.70. The molecule has 1 aromatic carbocycles. The van der Waals surface area contributed by atoms with Crippen molar-refractivity contribution in [3.8, 4) is 0 Å². The second-order valence-corrected chi connectivity index (χ2v) is 8.35. The molecule has 1 aliphatic rings. The van der Waals surface area contributed by atoms with Gasteiger partial charge in [-0.1, -0.05) is 6.07 Å². The van der Waals surface area contributed by atoms with Crippen molar-refractivity contribution in [3.05, 3.63) is 29.3 Å². The lowest BCUT2D eigenvalue weighted by molar-refractivity contribution is -0.123. The van der Waals surface area contributed by atoms with Crippen LogP contribution in [-0.4, -0.2) is 44.3 Å². The van der Waals surface area contributed by atoms with Gasteiger partial charge in [-0.05, 0) is 43.5 Å². The fraction of sp³-hybridized carbons (Fsp3) is 0.500. The quantitative estimate of drug-likeness (QED) is 0.886. The van der Waals surface area contributed by atoms with Crippen LogP contribution in [0.3, 0.4) is 0 Å². The van der Waals surface area contributed by atoms with Crippen molar-refractivity contribution in [2.45, 2.75) is 33.2 Å². The van der Waals surface area contributed by atoms with Crippen molar-refractivity contribution in [3.63, 3.8) is 0 Å². The van der Waals surface area contributed by atoms with E-state index in [1.54, 1.807) is 0 Å². The van der Waals surface area contributed by atoms with Crippen LogP contribution in [0.2, 0.25) is 0 Å². The van der Waals surface area contributed by atoms with Crippen LogP contribution in [0.5, 0.6) is 0 Å². The van der Waals surface area contributed by atoms with Gasteiger partial charge in [0.1, 0.15) is 6.54 Å². The predicted molar refractivity (Wildman–Crippen MR) is 89.1 cm³/mol. The number of benzene rings is 1. The molecule has 23 heavy (non-hydrogen) atoms. The Bertz CT molecular complexity index is 707. The summed E-state index contributed by atoms with van der Waals surface area (Å²) in [7, 11) is -3.04. The van der Waals surface area contributed by atoms with Crippen LogP contribution in [0.4, 0.5) is 5.69 Å². The molecule has 1 N–H and O–H groups in total. The SMILES string of the molecule is CC(=O)N(CC(=O)NC1CCS(=O)(=O)C1)c1cc(C)cc(C)c1. The molecule has 2 rings (SSSR count). The summed E-state index contributed by atoms with van der Waals surface area (Å²) in [6.45, 7) is 5.15. The molecule has 0 saturated carbocycles. The average Bonchev–Trinajstić information content (AvgIpc) is 2.73. The van der Waals surface area contributed by atoms with E-state index in [1.807, 2.05) is 32.0 Å². The first-order valence-electron chi connectivity index (χ1n) is 7.52. The lowest BCUT2D eigenvalue weighted by atomic mass is 10.1. The van der Waals surface area contributed by atoms with Gasteiger partial charge >= 0.3 is 0 Å². The van der Waals surface area contributed by atoms with E-state index in [0.717, 1.165) is 11.1 Å². The van der Waals surface area contributed by atoms with Gasteiger partial charge in [0.2, 0.25) is 11.8 Å². The number of hydrogen-bond acceptors (Lipinski definition) is 4. The molecule has 1 fully saturated rings. The van der Waals surface area contributed by atoms with Gasteiger partial charge in [-0.2, -0.15) is 0 Å². The number of aryl methyl sites for hydroxylation is 2. The fourth-order valence-corrected chi connectivity index (χ4v) is 4.49. The zero-order chi connectivity index (χ0) is 17.2. The zero-order valence-corrected chi connectivity index (χ0v) is 14.4. The maximum atomic E-state index is 12.2. The summed E-state index contributed by atoms with van der Waals surface area (Å²) in [4.78, 5) is 25.5. The Balaban J connectivity index is 2.07. The Kier molecular flexibility index (Phi) is 5.09. The first kappa shape index (κ1) is 17.5. The summed E-state index contributed by atoms with van der Waals surface area (Å²) < 4.78 is 22.9. The molecule has 126 valence electrons. The molecule has 0 bridgehead atoms. The van der Waals surface area contributed by atoms with E-state index in [2.05, 4.69) is 5.32 Å². The third-order valence-corrected chi connectivity index (χ3v) is 5.57. The van der Waals surface area contributed by atoms with E-state index in [0.29, 0.717) is 12.1 Å². The Hall–Kier alpha value is -1.89. The number of carbonyl (C=O) groups excluding carboxylic acids is 2. The van der Waals surface area contributed by atoms with Crippen molar-refractivity contribution in [1.29, 1.82) is 0 Å². The summed E-state index contributed by atoms with van der Waals surface area (Å²) in [5.74, 6) is -0.501.